The highest BCUT2D eigenvalue weighted by Crippen LogP contribution is 2.37. The Kier molecular flexibility index (Phi) is 5.81. The van der Waals surface area contributed by atoms with E-state index in [4.69, 9.17) is 4.98 Å². The lowest BCUT2D eigenvalue weighted by Gasteiger charge is -2.19. The van der Waals surface area contributed by atoms with Gasteiger partial charge in [0, 0.05) is 16.5 Å². The van der Waals surface area contributed by atoms with Gasteiger partial charge in [-0.15, -0.1) is 11.3 Å². The maximum atomic E-state index is 4.73. The Balaban J connectivity index is 1.44. The summed E-state index contributed by atoms with van der Waals surface area (Å²) in [7, 11) is 0. The summed E-state index contributed by atoms with van der Waals surface area (Å²) < 4.78 is 3.63. The van der Waals surface area contributed by atoms with Gasteiger partial charge in [-0.25, -0.2) is 4.98 Å². The molecule has 4 aromatic carbocycles. The molecule has 2 heterocycles. The summed E-state index contributed by atoms with van der Waals surface area (Å²) in [5.41, 5.74) is 8.81. The van der Waals surface area contributed by atoms with E-state index < -0.39 is 0 Å². The average molecular weight is 515 g/mol. The summed E-state index contributed by atoms with van der Waals surface area (Å²) in [6, 6.07) is 31.1. The lowest BCUT2D eigenvalue weighted by atomic mass is 9.85. The van der Waals surface area contributed by atoms with Crippen molar-refractivity contribution in [2.45, 2.75) is 52.4 Å². The van der Waals surface area contributed by atoms with Gasteiger partial charge in [-0.1, -0.05) is 84.0 Å². The van der Waals surface area contributed by atoms with Gasteiger partial charge >= 0.3 is 0 Å². The van der Waals surface area contributed by atoms with Crippen LogP contribution in [-0.2, 0) is 10.8 Å². The molecule has 0 aliphatic rings. The summed E-state index contributed by atoms with van der Waals surface area (Å²) in [5.74, 6) is 0. The van der Waals surface area contributed by atoms with Crippen LogP contribution in [0.4, 0.5) is 0 Å². The van der Waals surface area contributed by atoms with Crippen molar-refractivity contribution in [1.29, 1.82) is 0 Å². The molecular weight excluding hydrogens is 480 g/mol. The second-order valence-electron chi connectivity index (χ2n) is 12.2. The molecule has 0 spiro atoms. The van der Waals surface area contributed by atoms with Crippen LogP contribution in [-0.4, -0.2) is 9.55 Å². The van der Waals surface area contributed by atoms with Gasteiger partial charge in [0.15, 0.2) is 0 Å². The van der Waals surface area contributed by atoms with Crippen molar-refractivity contribution in [2.24, 2.45) is 0 Å². The molecule has 0 aliphatic heterocycles. The zero-order chi connectivity index (χ0) is 26.7. The van der Waals surface area contributed by atoms with Crippen molar-refractivity contribution in [3.63, 3.8) is 0 Å². The van der Waals surface area contributed by atoms with Gasteiger partial charge < -0.3 is 4.57 Å². The van der Waals surface area contributed by atoms with Crippen LogP contribution in [0.25, 0.3) is 49.9 Å². The number of aromatic nitrogens is 2. The normalized spacial score (nSPS) is 12.9. The summed E-state index contributed by atoms with van der Waals surface area (Å²) in [6.07, 6.45) is 4.26. The first-order chi connectivity index (χ1) is 18.1. The monoisotopic (exact) mass is 514 g/mol. The van der Waals surface area contributed by atoms with E-state index >= 15 is 0 Å². The van der Waals surface area contributed by atoms with Crippen LogP contribution in [0.15, 0.2) is 84.9 Å². The van der Waals surface area contributed by atoms with Crippen LogP contribution in [0, 0.1) is 0 Å². The molecule has 0 aliphatic carbocycles. The highest BCUT2D eigenvalue weighted by molar-refractivity contribution is 7.19. The fourth-order valence-corrected chi connectivity index (χ4v) is 5.97. The number of hydrogen-bond acceptors (Lipinski definition) is 2. The lowest BCUT2D eigenvalue weighted by Crippen LogP contribution is -2.10. The first kappa shape index (κ1) is 24.6. The molecule has 3 heteroatoms. The molecule has 0 atom stereocenters. The zero-order valence-electron chi connectivity index (χ0n) is 23.0. The smallest absolute Gasteiger partial charge is 0.117 e. The van der Waals surface area contributed by atoms with E-state index in [-0.39, 0.29) is 10.8 Å². The molecular formula is C35H34N2S. The minimum absolute atomic E-state index is 0.0987. The SMILES string of the molecule is CC(C)(C)c1ccc2c(c1)c1cc(C(C)(C)C)ccc1n2-c1ccc(/C=C/c2nc3ccccc3s2)cc1. The van der Waals surface area contributed by atoms with Gasteiger partial charge in [-0.2, -0.15) is 0 Å². The van der Waals surface area contributed by atoms with Crippen molar-refractivity contribution in [1.82, 2.24) is 9.55 Å². The molecule has 2 nitrogen and oxygen atoms in total. The Labute approximate surface area is 229 Å². The number of fused-ring (bicyclic) bond motifs is 4. The Hall–Kier alpha value is -3.69. The number of para-hydroxylation sites is 1. The number of thiazole rings is 1. The number of benzene rings is 4. The highest BCUT2D eigenvalue weighted by atomic mass is 32.1. The first-order valence-electron chi connectivity index (χ1n) is 13.3. The van der Waals surface area contributed by atoms with Crippen LogP contribution in [0.3, 0.4) is 0 Å². The van der Waals surface area contributed by atoms with E-state index in [0.29, 0.717) is 0 Å². The van der Waals surface area contributed by atoms with Crippen LogP contribution < -0.4 is 0 Å². The molecule has 2 aromatic heterocycles. The van der Waals surface area contributed by atoms with E-state index in [0.717, 1.165) is 10.5 Å². The molecule has 0 radical (unpaired) electrons. The molecule has 0 unspecified atom stereocenters. The number of hydrogen-bond donors (Lipinski definition) is 0. The van der Waals surface area contributed by atoms with Gasteiger partial charge in [0.25, 0.3) is 0 Å². The molecule has 0 amide bonds. The van der Waals surface area contributed by atoms with Gasteiger partial charge in [0.2, 0.25) is 0 Å². The molecule has 190 valence electrons. The third-order valence-corrected chi connectivity index (χ3v) is 8.38. The predicted octanol–water partition coefficient (Wildman–Crippen LogP) is 10.2. The second-order valence-corrected chi connectivity index (χ2v) is 13.3. The molecule has 0 saturated carbocycles. The minimum atomic E-state index is 0.0987. The Morgan fingerprint density at radius 1 is 0.658 bits per heavy atom. The topological polar surface area (TPSA) is 17.8 Å². The maximum Gasteiger partial charge on any atom is 0.117 e. The van der Waals surface area contributed by atoms with Crippen LogP contribution >= 0.6 is 11.3 Å². The summed E-state index contributed by atoms with van der Waals surface area (Å²) in [5, 5.41) is 3.67. The fraction of sp³-hybridized carbons (Fsp3) is 0.229. The molecule has 0 bridgehead atoms. The third kappa shape index (κ3) is 4.46. The molecule has 0 N–H and O–H groups in total. The van der Waals surface area contributed by atoms with Crippen LogP contribution in [0.2, 0.25) is 0 Å². The highest BCUT2D eigenvalue weighted by Gasteiger charge is 2.20. The van der Waals surface area contributed by atoms with E-state index in [2.05, 4.69) is 137 Å². The van der Waals surface area contributed by atoms with E-state index in [1.165, 1.54) is 48.9 Å². The van der Waals surface area contributed by atoms with Gasteiger partial charge in [-0.3, -0.25) is 0 Å². The van der Waals surface area contributed by atoms with Crippen molar-refractivity contribution in [3.8, 4) is 5.69 Å². The molecule has 6 rings (SSSR count). The van der Waals surface area contributed by atoms with Gasteiger partial charge in [-0.05, 0) is 82.1 Å². The molecule has 38 heavy (non-hydrogen) atoms. The van der Waals surface area contributed by atoms with Crippen LogP contribution in [0.5, 0.6) is 0 Å². The summed E-state index contributed by atoms with van der Waals surface area (Å²) >= 11 is 1.72. The lowest BCUT2D eigenvalue weighted by molar-refractivity contribution is 0.590. The predicted molar refractivity (Wildman–Crippen MR) is 167 cm³/mol. The zero-order valence-corrected chi connectivity index (χ0v) is 23.9. The Morgan fingerprint density at radius 3 is 1.79 bits per heavy atom. The average Bonchev–Trinajstić information content (AvgIpc) is 3.45. The summed E-state index contributed by atoms with van der Waals surface area (Å²) in [4.78, 5) is 4.73. The minimum Gasteiger partial charge on any atom is -0.309 e. The van der Waals surface area contributed by atoms with Crippen molar-refractivity contribution in [3.05, 3.63) is 107 Å². The van der Waals surface area contributed by atoms with Gasteiger partial charge in [0.05, 0.1) is 21.3 Å². The van der Waals surface area contributed by atoms with Crippen molar-refractivity contribution in [2.75, 3.05) is 0 Å². The first-order valence-corrected chi connectivity index (χ1v) is 14.1. The van der Waals surface area contributed by atoms with Crippen molar-refractivity contribution >= 4 is 55.5 Å². The fourth-order valence-electron chi connectivity index (χ4n) is 5.10. The Bertz CT molecular complexity index is 1710. The molecule has 6 aromatic rings. The number of nitrogens with zero attached hydrogens (tertiary/aromatic N) is 2. The van der Waals surface area contributed by atoms with E-state index in [1.54, 1.807) is 11.3 Å². The second kappa shape index (κ2) is 8.96. The third-order valence-electron chi connectivity index (χ3n) is 7.38. The van der Waals surface area contributed by atoms with E-state index in [9.17, 15) is 0 Å². The maximum absolute atomic E-state index is 4.73. The van der Waals surface area contributed by atoms with Crippen molar-refractivity contribution < 1.29 is 0 Å². The largest absolute Gasteiger partial charge is 0.309 e. The van der Waals surface area contributed by atoms with Gasteiger partial charge in [0.1, 0.15) is 5.01 Å². The summed E-state index contributed by atoms with van der Waals surface area (Å²) in [6.45, 7) is 13.7. The molecule has 0 saturated heterocycles. The van der Waals surface area contributed by atoms with E-state index in [1.807, 2.05) is 6.07 Å². The molecule has 0 fully saturated rings. The number of rotatable bonds is 3. The Morgan fingerprint density at radius 2 is 1.24 bits per heavy atom. The standard InChI is InChI=1S/C35H34N2S/c1-34(2,3)24-14-18-30-27(21-24)28-22-25(35(4,5)6)15-19-31(28)37(30)26-16-11-23(12-17-26)13-20-33-36-29-9-7-8-10-32(29)38-33/h7-22H,1-6H3/b20-13+. The quantitative estimate of drug-likeness (QED) is 0.230. The van der Waals surface area contributed by atoms with Crippen LogP contribution in [0.1, 0.15) is 63.2 Å².